The maximum atomic E-state index is 12.3. The van der Waals surface area contributed by atoms with Gasteiger partial charge in [-0.2, -0.15) is 5.10 Å². The summed E-state index contributed by atoms with van der Waals surface area (Å²) in [7, 11) is 0. The third kappa shape index (κ3) is 3.60. The van der Waals surface area contributed by atoms with Gasteiger partial charge in [-0.1, -0.05) is 47.5 Å². The molecule has 1 heterocycles. The highest BCUT2D eigenvalue weighted by atomic mass is 35.5. The first kappa shape index (κ1) is 15.3. The van der Waals surface area contributed by atoms with E-state index in [9.17, 15) is 4.79 Å². The van der Waals surface area contributed by atoms with E-state index in [1.807, 2.05) is 43.3 Å². The lowest BCUT2D eigenvalue weighted by Gasteiger charge is -2.10. The number of hydrogen-bond acceptors (Lipinski definition) is 2. The van der Waals surface area contributed by atoms with E-state index in [0.717, 1.165) is 11.1 Å². The molecule has 0 fully saturated rings. The number of hydrogen-bond donors (Lipinski definition) is 1. The van der Waals surface area contributed by atoms with Gasteiger partial charge in [0.1, 0.15) is 5.82 Å². The minimum Gasteiger partial charge on any atom is -0.307 e. The number of aryl methyl sites for hydroxylation is 1. The minimum atomic E-state index is -0.161. The van der Waals surface area contributed by atoms with Crippen LogP contribution in [0.5, 0.6) is 0 Å². The molecule has 0 unspecified atom stereocenters. The molecule has 5 heteroatoms. The minimum absolute atomic E-state index is 0.161. The Hall–Kier alpha value is -2.59. The van der Waals surface area contributed by atoms with Crippen LogP contribution in [0.3, 0.4) is 0 Å². The van der Waals surface area contributed by atoms with Gasteiger partial charge >= 0.3 is 0 Å². The fraction of sp³-hybridized carbons (Fsp3) is 0.111. The number of benzene rings is 2. The molecule has 0 aliphatic carbocycles. The van der Waals surface area contributed by atoms with E-state index in [-0.39, 0.29) is 5.91 Å². The molecule has 0 spiro atoms. The SMILES string of the molecule is Cc1ccc(C(=O)Nc2ccnn2Cc2ccccc2Cl)cc1. The van der Waals surface area contributed by atoms with E-state index in [1.165, 1.54) is 0 Å². The number of nitrogens with one attached hydrogen (secondary N) is 1. The van der Waals surface area contributed by atoms with Crippen LogP contribution in [0.4, 0.5) is 5.82 Å². The van der Waals surface area contributed by atoms with Crippen molar-refractivity contribution in [2.24, 2.45) is 0 Å². The number of carbonyl (C=O) groups is 1. The Kier molecular flexibility index (Phi) is 4.44. The van der Waals surface area contributed by atoms with Gasteiger partial charge in [0, 0.05) is 16.7 Å². The summed E-state index contributed by atoms with van der Waals surface area (Å²) < 4.78 is 1.72. The molecule has 1 aromatic heterocycles. The average Bonchev–Trinajstić information content (AvgIpc) is 2.97. The van der Waals surface area contributed by atoms with E-state index >= 15 is 0 Å². The largest absolute Gasteiger partial charge is 0.307 e. The van der Waals surface area contributed by atoms with Crippen LogP contribution in [0.15, 0.2) is 60.8 Å². The fourth-order valence-corrected chi connectivity index (χ4v) is 2.44. The Bertz CT molecular complexity index is 824. The summed E-state index contributed by atoms with van der Waals surface area (Å²) >= 11 is 6.18. The zero-order valence-corrected chi connectivity index (χ0v) is 13.4. The highest BCUT2D eigenvalue weighted by Crippen LogP contribution is 2.18. The number of anilines is 1. The van der Waals surface area contributed by atoms with Crippen LogP contribution in [0.2, 0.25) is 5.02 Å². The van der Waals surface area contributed by atoms with Gasteiger partial charge in [-0.25, -0.2) is 4.68 Å². The van der Waals surface area contributed by atoms with Crippen molar-refractivity contribution >= 4 is 23.3 Å². The first-order valence-electron chi connectivity index (χ1n) is 7.27. The monoisotopic (exact) mass is 325 g/mol. The topological polar surface area (TPSA) is 46.9 Å². The molecular weight excluding hydrogens is 310 g/mol. The number of nitrogens with zero attached hydrogens (tertiary/aromatic N) is 2. The predicted octanol–water partition coefficient (Wildman–Crippen LogP) is 4.15. The Balaban J connectivity index is 1.77. The Labute approximate surface area is 139 Å². The molecule has 0 bridgehead atoms. The molecule has 2 aromatic carbocycles. The quantitative estimate of drug-likeness (QED) is 0.783. The van der Waals surface area contributed by atoms with Crippen molar-refractivity contribution in [3.05, 3.63) is 82.5 Å². The Morgan fingerprint density at radius 1 is 1.13 bits per heavy atom. The van der Waals surface area contributed by atoms with E-state index < -0.39 is 0 Å². The van der Waals surface area contributed by atoms with Gasteiger partial charge < -0.3 is 5.32 Å². The van der Waals surface area contributed by atoms with Crippen molar-refractivity contribution in [2.75, 3.05) is 5.32 Å². The van der Waals surface area contributed by atoms with Crippen LogP contribution < -0.4 is 5.32 Å². The van der Waals surface area contributed by atoms with E-state index in [1.54, 1.807) is 29.1 Å². The van der Waals surface area contributed by atoms with Crippen molar-refractivity contribution in [1.29, 1.82) is 0 Å². The summed E-state index contributed by atoms with van der Waals surface area (Å²) in [5, 5.41) is 7.82. The molecule has 0 radical (unpaired) electrons. The van der Waals surface area contributed by atoms with Crippen LogP contribution in [-0.4, -0.2) is 15.7 Å². The zero-order valence-electron chi connectivity index (χ0n) is 12.7. The first-order valence-corrected chi connectivity index (χ1v) is 7.64. The molecule has 1 amide bonds. The molecule has 0 saturated heterocycles. The maximum Gasteiger partial charge on any atom is 0.256 e. The molecule has 23 heavy (non-hydrogen) atoms. The van der Waals surface area contributed by atoms with Gasteiger partial charge in [0.05, 0.1) is 12.7 Å². The summed E-state index contributed by atoms with van der Waals surface area (Å²) in [5.41, 5.74) is 2.68. The molecule has 0 saturated carbocycles. The smallest absolute Gasteiger partial charge is 0.256 e. The van der Waals surface area contributed by atoms with Gasteiger partial charge in [0.25, 0.3) is 5.91 Å². The van der Waals surface area contributed by atoms with Crippen LogP contribution in [0, 0.1) is 6.92 Å². The van der Waals surface area contributed by atoms with Gasteiger partial charge in [0.15, 0.2) is 0 Å². The molecule has 1 N–H and O–H groups in total. The van der Waals surface area contributed by atoms with Crippen molar-refractivity contribution < 1.29 is 4.79 Å². The van der Waals surface area contributed by atoms with Gasteiger partial charge in [0.2, 0.25) is 0 Å². The summed E-state index contributed by atoms with van der Waals surface area (Å²) in [4.78, 5) is 12.3. The van der Waals surface area contributed by atoms with Gasteiger partial charge in [-0.15, -0.1) is 0 Å². The predicted molar refractivity (Wildman–Crippen MR) is 91.9 cm³/mol. The van der Waals surface area contributed by atoms with Crippen molar-refractivity contribution in [3.8, 4) is 0 Å². The van der Waals surface area contributed by atoms with Crippen LogP contribution >= 0.6 is 11.6 Å². The standard InChI is InChI=1S/C18H16ClN3O/c1-13-6-8-14(9-7-13)18(23)21-17-10-11-20-22(17)12-15-4-2-3-5-16(15)19/h2-11H,12H2,1H3,(H,21,23). The van der Waals surface area contributed by atoms with Crippen molar-refractivity contribution in [1.82, 2.24) is 9.78 Å². The summed E-state index contributed by atoms with van der Waals surface area (Å²) in [6.07, 6.45) is 1.65. The maximum absolute atomic E-state index is 12.3. The van der Waals surface area contributed by atoms with E-state index in [4.69, 9.17) is 11.6 Å². The molecule has 3 aromatic rings. The van der Waals surface area contributed by atoms with Gasteiger partial charge in [-0.3, -0.25) is 4.79 Å². The van der Waals surface area contributed by atoms with Gasteiger partial charge in [-0.05, 0) is 30.7 Å². The molecule has 0 aliphatic rings. The summed E-state index contributed by atoms with van der Waals surface area (Å²) in [6, 6.07) is 16.8. The second-order valence-corrected chi connectivity index (χ2v) is 5.69. The lowest BCUT2D eigenvalue weighted by Crippen LogP contribution is -2.16. The highest BCUT2D eigenvalue weighted by molar-refractivity contribution is 6.31. The van der Waals surface area contributed by atoms with E-state index in [0.29, 0.717) is 22.9 Å². The third-order valence-corrected chi connectivity index (χ3v) is 3.92. The molecular formula is C18H16ClN3O. The molecule has 116 valence electrons. The Morgan fingerprint density at radius 3 is 2.61 bits per heavy atom. The second kappa shape index (κ2) is 6.67. The fourth-order valence-electron chi connectivity index (χ4n) is 2.25. The highest BCUT2D eigenvalue weighted by Gasteiger charge is 2.10. The van der Waals surface area contributed by atoms with Crippen molar-refractivity contribution in [2.45, 2.75) is 13.5 Å². The van der Waals surface area contributed by atoms with E-state index in [2.05, 4.69) is 10.4 Å². The Morgan fingerprint density at radius 2 is 1.87 bits per heavy atom. The second-order valence-electron chi connectivity index (χ2n) is 5.29. The lowest BCUT2D eigenvalue weighted by atomic mass is 10.1. The van der Waals surface area contributed by atoms with Crippen LogP contribution in [0.25, 0.3) is 0 Å². The molecule has 4 nitrogen and oxygen atoms in total. The average molecular weight is 326 g/mol. The first-order chi connectivity index (χ1) is 11.1. The molecule has 0 atom stereocenters. The third-order valence-electron chi connectivity index (χ3n) is 3.55. The molecule has 3 rings (SSSR count). The number of aromatic nitrogens is 2. The normalized spacial score (nSPS) is 10.5. The number of amides is 1. The molecule has 0 aliphatic heterocycles. The number of rotatable bonds is 4. The van der Waals surface area contributed by atoms with Crippen molar-refractivity contribution in [3.63, 3.8) is 0 Å². The number of halogens is 1. The van der Waals surface area contributed by atoms with Crippen LogP contribution in [-0.2, 0) is 6.54 Å². The zero-order chi connectivity index (χ0) is 16.2. The number of carbonyl (C=O) groups excluding carboxylic acids is 1. The van der Waals surface area contributed by atoms with Crippen LogP contribution in [0.1, 0.15) is 21.5 Å². The summed E-state index contributed by atoms with van der Waals surface area (Å²) in [6.45, 7) is 2.48. The summed E-state index contributed by atoms with van der Waals surface area (Å²) in [5.74, 6) is 0.474. The lowest BCUT2D eigenvalue weighted by molar-refractivity contribution is 0.102.